The first-order valence-corrected chi connectivity index (χ1v) is 9.51. The Bertz CT molecular complexity index is 951. The molecule has 2 aromatic heterocycles. The van der Waals surface area contributed by atoms with Crippen molar-refractivity contribution in [1.82, 2.24) is 15.1 Å². The van der Waals surface area contributed by atoms with Crippen molar-refractivity contribution in [2.24, 2.45) is 0 Å². The molecule has 0 aliphatic carbocycles. The molecule has 1 unspecified atom stereocenters. The van der Waals surface area contributed by atoms with E-state index in [1.54, 1.807) is 18.3 Å². The number of aryl methyl sites for hydroxylation is 3. The number of para-hydroxylation sites is 1. The molecule has 0 aliphatic heterocycles. The first-order chi connectivity index (χ1) is 13.4. The van der Waals surface area contributed by atoms with Crippen LogP contribution in [0.1, 0.15) is 58.6 Å². The summed E-state index contributed by atoms with van der Waals surface area (Å²) in [6.45, 7) is 11.1. The summed E-state index contributed by atoms with van der Waals surface area (Å²) in [6.07, 6.45) is 1.80. The van der Waals surface area contributed by atoms with Gasteiger partial charge in [0.05, 0.1) is 12.2 Å². The van der Waals surface area contributed by atoms with E-state index >= 15 is 0 Å². The van der Waals surface area contributed by atoms with Crippen LogP contribution in [0.4, 0.5) is 0 Å². The lowest BCUT2D eigenvalue weighted by atomic mass is 10.1. The van der Waals surface area contributed by atoms with Crippen LogP contribution in [-0.4, -0.2) is 15.7 Å². The standard InChI is InChI=1S/C22H27N3O3/c1-6-25-17(5)19(12-23-25)16(4)24-22(26)20-11-10-18(28-20)13-27-21-14(2)8-7-9-15(21)3/h7-12,16H,6,13H2,1-5H3,(H,24,26). The summed E-state index contributed by atoms with van der Waals surface area (Å²) < 4.78 is 13.5. The van der Waals surface area contributed by atoms with Crippen LogP contribution in [0, 0.1) is 20.8 Å². The van der Waals surface area contributed by atoms with Gasteiger partial charge in [0.15, 0.2) is 5.76 Å². The minimum absolute atomic E-state index is 0.160. The predicted octanol–water partition coefficient (Wildman–Crippen LogP) is 4.49. The van der Waals surface area contributed by atoms with Crippen molar-refractivity contribution in [1.29, 1.82) is 0 Å². The Balaban J connectivity index is 1.63. The van der Waals surface area contributed by atoms with Crippen LogP contribution in [0.25, 0.3) is 0 Å². The molecule has 148 valence electrons. The number of aromatic nitrogens is 2. The quantitative estimate of drug-likeness (QED) is 0.655. The van der Waals surface area contributed by atoms with Crippen molar-refractivity contribution in [3.63, 3.8) is 0 Å². The van der Waals surface area contributed by atoms with Crippen LogP contribution < -0.4 is 10.1 Å². The lowest BCUT2D eigenvalue weighted by Gasteiger charge is -2.13. The lowest BCUT2D eigenvalue weighted by Crippen LogP contribution is -2.26. The van der Waals surface area contributed by atoms with Crippen molar-refractivity contribution in [3.8, 4) is 5.75 Å². The molecular formula is C22H27N3O3. The number of hydrogen-bond donors (Lipinski definition) is 1. The molecule has 2 heterocycles. The average molecular weight is 381 g/mol. The molecule has 1 aromatic carbocycles. The fraction of sp³-hybridized carbons (Fsp3) is 0.364. The molecule has 1 amide bonds. The summed E-state index contributed by atoms with van der Waals surface area (Å²) in [5.41, 5.74) is 4.19. The second kappa shape index (κ2) is 8.33. The number of furan rings is 1. The molecular weight excluding hydrogens is 354 g/mol. The minimum atomic E-state index is -0.255. The smallest absolute Gasteiger partial charge is 0.287 e. The highest BCUT2D eigenvalue weighted by Gasteiger charge is 2.18. The van der Waals surface area contributed by atoms with Gasteiger partial charge in [-0.1, -0.05) is 18.2 Å². The number of nitrogens with one attached hydrogen (secondary N) is 1. The number of nitrogens with zero attached hydrogens (tertiary/aromatic N) is 2. The van der Waals surface area contributed by atoms with Crippen molar-refractivity contribution in [2.75, 3.05) is 0 Å². The minimum Gasteiger partial charge on any atom is -0.485 e. The molecule has 28 heavy (non-hydrogen) atoms. The molecule has 0 radical (unpaired) electrons. The molecule has 0 bridgehead atoms. The molecule has 0 spiro atoms. The second-order valence-corrected chi connectivity index (χ2v) is 6.97. The van der Waals surface area contributed by atoms with Crippen LogP contribution in [0.15, 0.2) is 40.9 Å². The van der Waals surface area contributed by atoms with E-state index < -0.39 is 0 Å². The Labute approximate surface area is 165 Å². The maximum atomic E-state index is 12.5. The maximum Gasteiger partial charge on any atom is 0.287 e. The van der Waals surface area contributed by atoms with Gasteiger partial charge in [0.25, 0.3) is 5.91 Å². The Hall–Kier alpha value is -3.02. The van der Waals surface area contributed by atoms with Crippen LogP contribution in [0.3, 0.4) is 0 Å². The zero-order valence-electron chi connectivity index (χ0n) is 17.1. The molecule has 6 heteroatoms. The van der Waals surface area contributed by atoms with Crippen LogP contribution in [-0.2, 0) is 13.2 Å². The third-order valence-electron chi connectivity index (χ3n) is 4.91. The zero-order valence-corrected chi connectivity index (χ0v) is 17.1. The molecule has 3 aromatic rings. The predicted molar refractivity (Wildman–Crippen MR) is 107 cm³/mol. The third-order valence-corrected chi connectivity index (χ3v) is 4.91. The van der Waals surface area contributed by atoms with Gasteiger partial charge in [0.2, 0.25) is 0 Å². The normalized spacial score (nSPS) is 12.0. The number of ether oxygens (including phenoxy) is 1. The van der Waals surface area contributed by atoms with Crippen LogP contribution in [0.2, 0.25) is 0 Å². The fourth-order valence-electron chi connectivity index (χ4n) is 3.30. The molecule has 0 aliphatic rings. The Morgan fingerprint density at radius 1 is 1.21 bits per heavy atom. The van der Waals surface area contributed by atoms with Gasteiger partial charge in [0.1, 0.15) is 18.1 Å². The SMILES string of the molecule is CCn1ncc(C(C)NC(=O)c2ccc(COc3c(C)cccc3C)o2)c1C. The van der Waals surface area contributed by atoms with E-state index in [-0.39, 0.29) is 24.3 Å². The number of carbonyl (C=O) groups is 1. The number of benzene rings is 1. The summed E-state index contributed by atoms with van der Waals surface area (Å²) in [5, 5.41) is 7.30. The van der Waals surface area contributed by atoms with Crippen molar-refractivity contribution in [2.45, 2.75) is 53.8 Å². The van der Waals surface area contributed by atoms with E-state index in [1.165, 1.54) is 0 Å². The van der Waals surface area contributed by atoms with Gasteiger partial charge >= 0.3 is 0 Å². The molecule has 1 atom stereocenters. The number of hydrogen-bond acceptors (Lipinski definition) is 4. The van der Waals surface area contributed by atoms with E-state index in [2.05, 4.69) is 10.4 Å². The number of rotatable bonds is 7. The molecule has 3 rings (SSSR count). The van der Waals surface area contributed by atoms with E-state index in [0.717, 1.165) is 34.7 Å². The highest BCUT2D eigenvalue weighted by Crippen LogP contribution is 2.24. The summed E-state index contributed by atoms with van der Waals surface area (Å²) >= 11 is 0. The van der Waals surface area contributed by atoms with Crippen molar-refractivity contribution in [3.05, 3.63) is 70.4 Å². The summed E-state index contributed by atoms with van der Waals surface area (Å²) in [6, 6.07) is 9.30. The molecule has 0 saturated carbocycles. The Kier molecular flexibility index (Phi) is 5.87. The van der Waals surface area contributed by atoms with E-state index in [4.69, 9.17) is 9.15 Å². The van der Waals surface area contributed by atoms with Crippen molar-refractivity contribution >= 4 is 5.91 Å². The largest absolute Gasteiger partial charge is 0.485 e. The van der Waals surface area contributed by atoms with Crippen molar-refractivity contribution < 1.29 is 13.9 Å². The summed E-state index contributed by atoms with van der Waals surface area (Å²) in [7, 11) is 0. The molecule has 0 saturated heterocycles. The second-order valence-electron chi connectivity index (χ2n) is 6.97. The molecule has 6 nitrogen and oxygen atoms in total. The van der Waals surface area contributed by atoms with Crippen LogP contribution in [0.5, 0.6) is 5.75 Å². The van der Waals surface area contributed by atoms with Gasteiger partial charge in [-0.05, 0) is 57.9 Å². The topological polar surface area (TPSA) is 69.3 Å². The van der Waals surface area contributed by atoms with E-state index in [0.29, 0.717) is 5.76 Å². The van der Waals surface area contributed by atoms with Gasteiger partial charge in [-0.3, -0.25) is 9.48 Å². The summed E-state index contributed by atoms with van der Waals surface area (Å²) in [5.74, 6) is 1.47. The van der Waals surface area contributed by atoms with Gasteiger partial charge in [-0.25, -0.2) is 0 Å². The van der Waals surface area contributed by atoms with Gasteiger partial charge < -0.3 is 14.5 Å². The zero-order chi connectivity index (χ0) is 20.3. The first kappa shape index (κ1) is 19.7. The van der Waals surface area contributed by atoms with Gasteiger partial charge in [-0.2, -0.15) is 5.10 Å². The van der Waals surface area contributed by atoms with Gasteiger partial charge in [-0.15, -0.1) is 0 Å². The average Bonchev–Trinajstić information content (AvgIpc) is 3.28. The summed E-state index contributed by atoms with van der Waals surface area (Å²) in [4.78, 5) is 12.5. The number of amides is 1. The Morgan fingerprint density at radius 2 is 1.93 bits per heavy atom. The first-order valence-electron chi connectivity index (χ1n) is 9.51. The molecule has 0 fully saturated rings. The highest BCUT2D eigenvalue weighted by molar-refractivity contribution is 5.91. The monoisotopic (exact) mass is 381 g/mol. The fourth-order valence-corrected chi connectivity index (χ4v) is 3.30. The van der Waals surface area contributed by atoms with Crippen LogP contribution >= 0.6 is 0 Å². The maximum absolute atomic E-state index is 12.5. The third kappa shape index (κ3) is 4.11. The van der Waals surface area contributed by atoms with Gasteiger partial charge in [0, 0.05) is 17.8 Å². The number of carbonyl (C=O) groups excluding carboxylic acids is 1. The lowest BCUT2D eigenvalue weighted by molar-refractivity contribution is 0.0907. The Morgan fingerprint density at radius 3 is 2.57 bits per heavy atom. The van der Waals surface area contributed by atoms with E-state index in [9.17, 15) is 4.79 Å². The van der Waals surface area contributed by atoms with E-state index in [1.807, 2.05) is 57.5 Å². The highest BCUT2D eigenvalue weighted by atomic mass is 16.5. The molecule has 1 N–H and O–H groups in total.